The van der Waals surface area contributed by atoms with Crippen molar-refractivity contribution in [2.45, 2.75) is 0 Å². The van der Waals surface area contributed by atoms with E-state index in [-0.39, 0.29) is 11.4 Å². The Morgan fingerprint density at radius 3 is 2.70 bits per heavy atom. The van der Waals surface area contributed by atoms with Crippen molar-refractivity contribution in [3.05, 3.63) is 48.0 Å². The van der Waals surface area contributed by atoms with Crippen LogP contribution < -0.4 is 4.74 Å². The first-order chi connectivity index (χ1) is 9.72. The zero-order valence-electron chi connectivity index (χ0n) is 10.9. The van der Waals surface area contributed by atoms with Gasteiger partial charge in [-0.3, -0.25) is 4.79 Å². The second-order valence-corrected chi connectivity index (χ2v) is 4.50. The SMILES string of the molecule is COc1cccc(-c2ccc3c(C=O)c(O)[nH]c3c2)c1. The number of hydrogen-bond acceptors (Lipinski definition) is 3. The number of fused-ring (bicyclic) bond motifs is 1. The van der Waals surface area contributed by atoms with Crippen molar-refractivity contribution in [3.8, 4) is 22.8 Å². The van der Waals surface area contributed by atoms with Gasteiger partial charge in [0, 0.05) is 10.9 Å². The van der Waals surface area contributed by atoms with Gasteiger partial charge < -0.3 is 14.8 Å². The van der Waals surface area contributed by atoms with Crippen molar-refractivity contribution in [3.63, 3.8) is 0 Å². The Morgan fingerprint density at radius 2 is 1.95 bits per heavy atom. The molecule has 20 heavy (non-hydrogen) atoms. The van der Waals surface area contributed by atoms with E-state index in [2.05, 4.69) is 4.98 Å². The van der Waals surface area contributed by atoms with E-state index >= 15 is 0 Å². The van der Waals surface area contributed by atoms with E-state index in [0.717, 1.165) is 22.4 Å². The molecule has 4 nitrogen and oxygen atoms in total. The Morgan fingerprint density at radius 1 is 1.15 bits per heavy atom. The van der Waals surface area contributed by atoms with Crippen LogP contribution in [0.5, 0.6) is 11.6 Å². The number of aromatic nitrogens is 1. The van der Waals surface area contributed by atoms with Crippen molar-refractivity contribution >= 4 is 17.2 Å². The van der Waals surface area contributed by atoms with Crippen LogP contribution in [0.4, 0.5) is 0 Å². The highest BCUT2D eigenvalue weighted by Crippen LogP contribution is 2.30. The molecule has 1 heterocycles. The van der Waals surface area contributed by atoms with E-state index < -0.39 is 0 Å². The van der Waals surface area contributed by atoms with Crippen molar-refractivity contribution < 1.29 is 14.6 Å². The lowest BCUT2D eigenvalue weighted by molar-refractivity contribution is 0.112. The Labute approximate surface area is 115 Å². The third-order valence-electron chi connectivity index (χ3n) is 3.34. The van der Waals surface area contributed by atoms with Crippen LogP contribution in [0.25, 0.3) is 22.0 Å². The van der Waals surface area contributed by atoms with Gasteiger partial charge in [0.25, 0.3) is 0 Å². The minimum Gasteiger partial charge on any atom is -0.497 e. The van der Waals surface area contributed by atoms with Gasteiger partial charge in [-0.25, -0.2) is 0 Å². The number of hydrogen-bond donors (Lipinski definition) is 2. The van der Waals surface area contributed by atoms with Gasteiger partial charge in [0.1, 0.15) is 5.75 Å². The molecule has 2 N–H and O–H groups in total. The minimum absolute atomic E-state index is 0.0993. The molecule has 3 rings (SSSR count). The molecule has 0 radical (unpaired) electrons. The van der Waals surface area contributed by atoms with Gasteiger partial charge in [-0.15, -0.1) is 0 Å². The molecule has 2 aromatic carbocycles. The maximum absolute atomic E-state index is 10.9. The average Bonchev–Trinajstić information content (AvgIpc) is 2.81. The predicted molar refractivity (Wildman–Crippen MR) is 77.3 cm³/mol. The number of benzene rings is 2. The normalized spacial score (nSPS) is 10.7. The average molecular weight is 267 g/mol. The lowest BCUT2D eigenvalue weighted by Crippen LogP contribution is -1.84. The fraction of sp³-hybridized carbons (Fsp3) is 0.0625. The number of H-pyrrole nitrogens is 1. The van der Waals surface area contributed by atoms with E-state index in [1.807, 2.05) is 42.5 Å². The van der Waals surface area contributed by atoms with Crippen LogP contribution in [0.3, 0.4) is 0 Å². The van der Waals surface area contributed by atoms with E-state index in [1.165, 1.54) is 0 Å². The zero-order chi connectivity index (χ0) is 14.1. The molecule has 0 fully saturated rings. The molecule has 0 aliphatic carbocycles. The molecule has 0 unspecified atom stereocenters. The van der Waals surface area contributed by atoms with Gasteiger partial charge in [0.2, 0.25) is 0 Å². The fourth-order valence-electron chi connectivity index (χ4n) is 2.31. The summed E-state index contributed by atoms with van der Waals surface area (Å²) in [5.41, 5.74) is 3.00. The first-order valence-electron chi connectivity index (χ1n) is 6.17. The minimum atomic E-state index is -0.0993. The van der Waals surface area contributed by atoms with Gasteiger partial charge in [-0.05, 0) is 29.3 Å². The molecular weight excluding hydrogens is 254 g/mol. The first-order valence-corrected chi connectivity index (χ1v) is 6.17. The number of nitrogens with one attached hydrogen (secondary N) is 1. The first kappa shape index (κ1) is 12.3. The third kappa shape index (κ3) is 1.91. The van der Waals surface area contributed by atoms with Crippen LogP contribution in [-0.4, -0.2) is 23.5 Å². The number of aromatic amines is 1. The lowest BCUT2D eigenvalue weighted by atomic mass is 10.0. The number of aldehydes is 1. The number of ether oxygens (including phenoxy) is 1. The summed E-state index contributed by atoms with van der Waals surface area (Å²) in [5, 5.41) is 10.4. The van der Waals surface area contributed by atoms with E-state index in [9.17, 15) is 9.90 Å². The van der Waals surface area contributed by atoms with Crippen LogP contribution in [-0.2, 0) is 0 Å². The molecule has 1 aromatic heterocycles. The summed E-state index contributed by atoms with van der Waals surface area (Å²) in [7, 11) is 1.63. The van der Waals surface area contributed by atoms with Crippen LogP contribution in [0, 0.1) is 0 Å². The molecule has 0 atom stereocenters. The van der Waals surface area contributed by atoms with E-state index in [1.54, 1.807) is 7.11 Å². The Hall–Kier alpha value is -2.75. The largest absolute Gasteiger partial charge is 0.497 e. The molecule has 0 aliphatic heterocycles. The maximum Gasteiger partial charge on any atom is 0.200 e. The highest BCUT2D eigenvalue weighted by molar-refractivity contribution is 6.01. The summed E-state index contributed by atoms with van der Waals surface area (Å²) >= 11 is 0. The maximum atomic E-state index is 10.9. The molecule has 0 saturated carbocycles. The van der Waals surface area contributed by atoms with Crippen LogP contribution in [0.15, 0.2) is 42.5 Å². The molecular formula is C16H13NO3. The molecule has 0 bridgehead atoms. The molecule has 0 saturated heterocycles. The molecule has 0 amide bonds. The van der Waals surface area contributed by atoms with Gasteiger partial charge in [0.05, 0.1) is 12.7 Å². The van der Waals surface area contributed by atoms with Crippen LogP contribution >= 0.6 is 0 Å². The number of aromatic hydroxyl groups is 1. The smallest absolute Gasteiger partial charge is 0.200 e. The molecule has 3 aromatic rings. The summed E-state index contributed by atoms with van der Waals surface area (Å²) in [6, 6.07) is 13.4. The second kappa shape index (κ2) is 4.74. The number of methoxy groups -OCH3 is 1. The predicted octanol–water partition coefficient (Wildman–Crippen LogP) is 3.36. The molecule has 0 aliphatic rings. The van der Waals surface area contributed by atoms with Crippen LogP contribution in [0.1, 0.15) is 10.4 Å². The summed E-state index contributed by atoms with van der Waals surface area (Å²) in [6.07, 6.45) is 0.652. The summed E-state index contributed by atoms with van der Waals surface area (Å²) < 4.78 is 5.21. The Bertz CT molecular complexity index is 790. The lowest BCUT2D eigenvalue weighted by Gasteiger charge is -2.05. The van der Waals surface area contributed by atoms with Gasteiger partial charge in [-0.2, -0.15) is 0 Å². The standard InChI is InChI=1S/C16H13NO3/c1-20-12-4-2-3-10(7-12)11-5-6-13-14(9-18)16(19)17-15(13)8-11/h2-9,17,19H,1H3. The number of carbonyl (C=O) groups is 1. The quantitative estimate of drug-likeness (QED) is 0.715. The van der Waals surface area contributed by atoms with Crippen molar-refractivity contribution in [2.75, 3.05) is 7.11 Å². The van der Waals surface area contributed by atoms with Gasteiger partial charge in [0.15, 0.2) is 12.2 Å². The van der Waals surface area contributed by atoms with Gasteiger partial charge in [-0.1, -0.05) is 24.3 Å². The highest BCUT2D eigenvalue weighted by atomic mass is 16.5. The highest BCUT2D eigenvalue weighted by Gasteiger charge is 2.10. The molecule has 4 heteroatoms. The van der Waals surface area contributed by atoms with Crippen molar-refractivity contribution in [1.29, 1.82) is 0 Å². The monoisotopic (exact) mass is 267 g/mol. The summed E-state index contributed by atoms with van der Waals surface area (Å²) in [6.45, 7) is 0. The number of rotatable bonds is 3. The topological polar surface area (TPSA) is 62.3 Å². The van der Waals surface area contributed by atoms with Gasteiger partial charge >= 0.3 is 0 Å². The number of carbonyl (C=O) groups excluding carboxylic acids is 1. The Balaban J connectivity index is 2.15. The fourth-order valence-corrected chi connectivity index (χ4v) is 2.31. The van der Waals surface area contributed by atoms with Crippen LogP contribution in [0.2, 0.25) is 0 Å². The van der Waals surface area contributed by atoms with Crippen molar-refractivity contribution in [2.24, 2.45) is 0 Å². The van der Waals surface area contributed by atoms with E-state index in [4.69, 9.17) is 4.74 Å². The van der Waals surface area contributed by atoms with E-state index in [0.29, 0.717) is 11.7 Å². The van der Waals surface area contributed by atoms with Crippen molar-refractivity contribution in [1.82, 2.24) is 4.98 Å². The summed E-state index contributed by atoms with van der Waals surface area (Å²) in [5.74, 6) is 0.684. The zero-order valence-corrected chi connectivity index (χ0v) is 10.9. The Kier molecular flexibility index (Phi) is 2.91. The second-order valence-electron chi connectivity index (χ2n) is 4.50. The molecule has 100 valence electrons. The molecule has 0 spiro atoms. The summed E-state index contributed by atoms with van der Waals surface area (Å²) in [4.78, 5) is 13.8. The third-order valence-corrected chi connectivity index (χ3v) is 3.34.